The van der Waals surface area contributed by atoms with Gasteiger partial charge in [0.1, 0.15) is 6.04 Å². The van der Waals surface area contributed by atoms with Crippen molar-refractivity contribution in [2.24, 2.45) is 0 Å². The van der Waals surface area contributed by atoms with Crippen molar-refractivity contribution in [1.29, 1.82) is 5.26 Å². The van der Waals surface area contributed by atoms with Crippen molar-refractivity contribution in [2.75, 3.05) is 18.0 Å². The van der Waals surface area contributed by atoms with Crippen LogP contribution in [0.4, 0.5) is 5.69 Å². The van der Waals surface area contributed by atoms with E-state index in [1.807, 2.05) is 6.07 Å². The smallest absolute Gasteiger partial charge is 0.245 e. The largest absolute Gasteiger partial charge is 0.310 e. The summed E-state index contributed by atoms with van der Waals surface area (Å²) >= 11 is 0. The molecular weight excluding hydrogens is 242 g/mol. The minimum Gasteiger partial charge on any atom is -0.310 e. The Morgan fingerprint density at radius 2 is 2.37 bits per heavy atom. The van der Waals surface area contributed by atoms with Gasteiger partial charge >= 0.3 is 0 Å². The van der Waals surface area contributed by atoms with Gasteiger partial charge in [-0.25, -0.2) is 0 Å². The van der Waals surface area contributed by atoms with E-state index in [2.05, 4.69) is 5.32 Å². The number of nitriles is 1. The second-order valence-electron chi connectivity index (χ2n) is 4.47. The molecular formula is C14H15N3O2. The summed E-state index contributed by atoms with van der Waals surface area (Å²) in [5.74, 6) is -0.147. The standard InChI is InChI=1S/C14H15N3O2/c1-10(18)11-3-2-4-12(9-11)17-8-7-16-13(5-6-15)14(17)19/h2-4,9,13,16H,5,7-8H2,1H3. The summed E-state index contributed by atoms with van der Waals surface area (Å²) in [5.41, 5.74) is 1.29. The Bertz CT molecular complexity index is 548. The van der Waals surface area contributed by atoms with Crippen LogP contribution < -0.4 is 10.2 Å². The Kier molecular flexibility index (Phi) is 3.93. The maximum atomic E-state index is 12.2. The molecule has 0 spiro atoms. The molecule has 1 atom stereocenters. The van der Waals surface area contributed by atoms with Crippen molar-refractivity contribution in [3.05, 3.63) is 29.8 Å². The fourth-order valence-corrected chi connectivity index (χ4v) is 2.14. The van der Waals surface area contributed by atoms with Gasteiger partial charge in [0.15, 0.2) is 5.78 Å². The summed E-state index contributed by atoms with van der Waals surface area (Å²) in [5, 5.41) is 11.7. The van der Waals surface area contributed by atoms with Gasteiger partial charge in [-0.1, -0.05) is 12.1 Å². The first-order chi connectivity index (χ1) is 9.13. The highest BCUT2D eigenvalue weighted by Gasteiger charge is 2.29. The quantitative estimate of drug-likeness (QED) is 0.823. The molecule has 1 aliphatic rings. The van der Waals surface area contributed by atoms with E-state index >= 15 is 0 Å². The molecule has 1 aliphatic heterocycles. The number of ketones is 1. The van der Waals surface area contributed by atoms with Crippen LogP contribution in [0, 0.1) is 11.3 Å². The van der Waals surface area contributed by atoms with Crippen LogP contribution in [0.3, 0.4) is 0 Å². The zero-order valence-corrected chi connectivity index (χ0v) is 10.7. The molecule has 1 heterocycles. The number of amides is 1. The van der Waals surface area contributed by atoms with Crippen LogP contribution in [0.15, 0.2) is 24.3 Å². The Balaban J connectivity index is 2.26. The summed E-state index contributed by atoms with van der Waals surface area (Å²) in [6.45, 7) is 2.68. The van der Waals surface area contributed by atoms with E-state index in [4.69, 9.17) is 5.26 Å². The van der Waals surface area contributed by atoms with Gasteiger partial charge in [0.2, 0.25) is 5.91 Å². The number of rotatable bonds is 3. The van der Waals surface area contributed by atoms with Crippen molar-refractivity contribution in [1.82, 2.24) is 5.32 Å². The zero-order chi connectivity index (χ0) is 13.8. The number of benzene rings is 1. The van der Waals surface area contributed by atoms with Gasteiger partial charge in [0, 0.05) is 24.3 Å². The molecule has 98 valence electrons. The molecule has 0 aromatic heterocycles. The predicted octanol–water partition coefficient (Wildman–Crippen LogP) is 1.11. The van der Waals surface area contributed by atoms with Crippen molar-refractivity contribution in [2.45, 2.75) is 19.4 Å². The van der Waals surface area contributed by atoms with Gasteiger partial charge in [-0.05, 0) is 19.1 Å². The maximum Gasteiger partial charge on any atom is 0.245 e. The van der Waals surface area contributed by atoms with Gasteiger partial charge in [-0.2, -0.15) is 5.26 Å². The zero-order valence-electron chi connectivity index (χ0n) is 10.7. The van der Waals surface area contributed by atoms with Crippen LogP contribution in [-0.4, -0.2) is 30.8 Å². The van der Waals surface area contributed by atoms with Gasteiger partial charge in [0.25, 0.3) is 0 Å². The number of carbonyl (C=O) groups is 2. The molecule has 0 saturated carbocycles. The van der Waals surface area contributed by atoms with E-state index in [-0.39, 0.29) is 18.1 Å². The minimum atomic E-state index is -0.459. The molecule has 0 radical (unpaired) electrons. The molecule has 0 bridgehead atoms. The molecule has 1 unspecified atom stereocenters. The van der Waals surface area contributed by atoms with Crippen LogP contribution in [0.1, 0.15) is 23.7 Å². The van der Waals surface area contributed by atoms with E-state index in [1.54, 1.807) is 29.2 Å². The lowest BCUT2D eigenvalue weighted by atomic mass is 10.1. The number of carbonyl (C=O) groups excluding carboxylic acids is 2. The molecule has 1 N–H and O–H groups in total. The summed E-state index contributed by atoms with van der Waals surface area (Å²) in [4.78, 5) is 25.2. The molecule has 2 rings (SSSR count). The third-order valence-corrected chi connectivity index (χ3v) is 3.15. The molecule has 1 fully saturated rings. The topological polar surface area (TPSA) is 73.2 Å². The van der Waals surface area contributed by atoms with Crippen molar-refractivity contribution in [3.63, 3.8) is 0 Å². The van der Waals surface area contributed by atoms with E-state index in [0.717, 1.165) is 0 Å². The fourth-order valence-electron chi connectivity index (χ4n) is 2.14. The highest BCUT2D eigenvalue weighted by atomic mass is 16.2. The predicted molar refractivity (Wildman–Crippen MR) is 70.8 cm³/mol. The third kappa shape index (κ3) is 2.80. The number of anilines is 1. The fraction of sp³-hybridized carbons (Fsp3) is 0.357. The second kappa shape index (κ2) is 5.63. The van der Waals surface area contributed by atoms with Gasteiger partial charge in [-0.3, -0.25) is 9.59 Å². The normalized spacial score (nSPS) is 19.1. The van der Waals surface area contributed by atoms with E-state index in [9.17, 15) is 9.59 Å². The van der Waals surface area contributed by atoms with Crippen molar-refractivity contribution < 1.29 is 9.59 Å². The molecule has 1 aromatic carbocycles. The minimum absolute atomic E-state index is 0.0296. The maximum absolute atomic E-state index is 12.2. The Hall–Kier alpha value is -2.19. The van der Waals surface area contributed by atoms with Crippen LogP contribution in [0.2, 0.25) is 0 Å². The third-order valence-electron chi connectivity index (χ3n) is 3.15. The number of nitrogens with one attached hydrogen (secondary N) is 1. The van der Waals surface area contributed by atoms with Crippen LogP contribution in [0.25, 0.3) is 0 Å². The lowest BCUT2D eigenvalue weighted by Gasteiger charge is -2.32. The van der Waals surface area contributed by atoms with E-state index < -0.39 is 6.04 Å². The lowest BCUT2D eigenvalue weighted by Crippen LogP contribution is -2.55. The molecule has 5 nitrogen and oxygen atoms in total. The highest BCUT2D eigenvalue weighted by molar-refractivity contribution is 6.00. The summed E-state index contributed by atoms with van der Waals surface area (Å²) in [6.07, 6.45) is 0.154. The van der Waals surface area contributed by atoms with Gasteiger partial charge < -0.3 is 10.2 Å². The molecule has 1 amide bonds. The van der Waals surface area contributed by atoms with Crippen LogP contribution in [-0.2, 0) is 4.79 Å². The van der Waals surface area contributed by atoms with Crippen molar-refractivity contribution in [3.8, 4) is 6.07 Å². The van der Waals surface area contributed by atoms with Gasteiger partial charge in [-0.15, -0.1) is 0 Å². The Labute approximate surface area is 111 Å². The first-order valence-electron chi connectivity index (χ1n) is 6.16. The number of nitrogens with zero attached hydrogens (tertiary/aromatic N) is 2. The number of hydrogen-bond donors (Lipinski definition) is 1. The Morgan fingerprint density at radius 1 is 1.58 bits per heavy atom. The molecule has 5 heteroatoms. The van der Waals surface area contributed by atoms with Gasteiger partial charge in [0.05, 0.1) is 12.5 Å². The molecule has 1 aromatic rings. The Morgan fingerprint density at radius 3 is 3.05 bits per heavy atom. The SMILES string of the molecule is CC(=O)c1cccc(N2CCNC(CC#N)C2=O)c1. The highest BCUT2D eigenvalue weighted by Crippen LogP contribution is 2.19. The summed E-state index contributed by atoms with van der Waals surface area (Å²) in [7, 11) is 0. The van der Waals surface area contributed by atoms with Crippen LogP contribution >= 0.6 is 0 Å². The molecule has 0 aliphatic carbocycles. The average Bonchev–Trinajstić information content (AvgIpc) is 2.41. The molecule has 1 saturated heterocycles. The monoisotopic (exact) mass is 257 g/mol. The number of Topliss-reactive ketones (excluding diaryl/α,β-unsaturated/α-hetero) is 1. The number of piperazine rings is 1. The first-order valence-corrected chi connectivity index (χ1v) is 6.16. The molecule has 19 heavy (non-hydrogen) atoms. The lowest BCUT2D eigenvalue weighted by molar-refractivity contribution is -0.121. The van der Waals surface area contributed by atoms with Crippen LogP contribution in [0.5, 0.6) is 0 Å². The van der Waals surface area contributed by atoms with Crippen molar-refractivity contribution >= 4 is 17.4 Å². The number of hydrogen-bond acceptors (Lipinski definition) is 4. The van der Waals surface area contributed by atoms with E-state index in [0.29, 0.717) is 24.3 Å². The first kappa shape index (κ1) is 13.2. The second-order valence-corrected chi connectivity index (χ2v) is 4.47. The van der Waals surface area contributed by atoms with E-state index in [1.165, 1.54) is 6.92 Å². The summed E-state index contributed by atoms with van der Waals surface area (Å²) in [6, 6.07) is 8.56. The summed E-state index contributed by atoms with van der Waals surface area (Å²) < 4.78 is 0. The average molecular weight is 257 g/mol.